The fourth-order valence-corrected chi connectivity index (χ4v) is 3.31. The molecule has 0 aliphatic carbocycles. The summed E-state index contributed by atoms with van der Waals surface area (Å²) in [5.41, 5.74) is 4.78. The van der Waals surface area contributed by atoms with E-state index in [0.29, 0.717) is 0 Å². The average Bonchev–Trinajstić information content (AvgIpc) is 2.84. The summed E-state index contributed by atoms with van der Waals surface area (Å²) in [6.07, 6.45) is 3.61. The molecule has 0 atom stereocenters. The highest BCUT2D eigenvalue weighted by molar-refractivity contribution is 7.21. The van der Waals surface area contributed by atoms with Gasteiger partial charge in [-0.05, 0) is 43.3 Å². The van der Waals surface area contributed by atoms with E-state index < -0.39 is 0 Å². The predicted octanol–water partition coefficient (Wildman–Crippen LogP) is 3.39. The molecule has 0 unspecified atom stereocenters. The van der Waals surface area contributed by atoms with Gasteiger partial charge in [0.05, 0.1) is 10.2 Å². The number of aryl methyl sites for hydroxylation is 1. The molecule has 2 aromatic heterocycles. The molecule has 0 aliphatic heterocycles. The number of rotatable bonds is 3. The number of thiazole rings is 1. The highest BCUT2D eigenvalue weighted by Crippen LogP contribution is 2.32. The Kier molecular flexibility index (Phi) is 3.27. The quantitative estimate of drug-likeness (QED) is 0.792. The second-order valence-corrected chi connectivity index (χ2v) is 5.59. The minimum atomic E-state index is 0.845. The number of hydrogen-bond donors (Lipinski definition) is 1. The van der Waals surface area contributed by atoms with Crippen molar-refractivity contribution < 1.29 is 0 Å². The number of nitrogens with zero attached hydrogens (tertiary/aromatic N) is 2. The first-order chi connectivity index (χ1) is 9.28. The summed E-state index contributed by atoms with van der Waals surface area (Å²) in [5.74, 6) is 0. The van der Waals surface area contributed by atoms with Gasteiger partial charge in [0.25, 0.3) is 0 Å². The molecule has 0 saturated heterocycles. The van der Waals surface area contributed by atoms with Gasteiger partial charge in [0.1, 0.15) is 5.01 Å². The zero-order valence-corrected chi connectivity index (χ0v) is 11.8. The molecule has 0 fully saturated rings. The molecular weight excluding hydrogens is 254 g/mol. The number of fused-ring (bicyclic) bond motifs is 1. The summed E-state index contributed by atoms with van der Waals surface area (Å²) in [4.78, 5) is 8.85. The Bertz CT molecular complexity index is 704. The largest absolute Gasteiger partial charge is 0.316 e. The van der Waals surface area contributed by atoms with Crippen LogP contribution in [0.15, 0.2) is 36.7 Å². The third kappa shape index (κ3) is 2.37. The summed E-state index contributed by atoms with van der Waals surface area (Å²) >= 11 is 1.74. The van der Waals surface area contributed by atoms with Gasteiger partial charge in [-0.15, -0.1) is 11.3 Å². The Hall–Kier alpha value is -1.78. The summed E-state index contributed by atoms with van der Waals surface area (Å²) in [6, 6.07) is 8.41. The lowest BCUT2D eigenvalue weighted by molar-refractivity contribution is 0.821. The van der Waals surface area contributed by atoms with E-state index in [1.165, 1.54) is 15.8 Å². The maximum Gasteiger partial charge on any atom is 0.124 e. The molecule has 0 bridgehead atoms. The smallest absolute Gasteiger partial charge is 0.124 e. The van der Waals surface area contributed by atoms with Crippen LogP contribution in [-0.2, 0) is 6.54 Å². The van der Waals surface area contributed by atoms with E-state index in [0.717, 1.165) is 22.6 Å². The van der Waals surface area contributed by atoms with Crippen molar-refractivity contribution in [2.75, 3.05) is 7.05 Å². The molecule has 0 amide bonds. The number of pyridine rings is 1. The molecular formula is C15H15N3S. The van der Waals surface area contributed by atoms with Crippen LogP contribution in [0.4, 0.5) is 0 Å². The topological polar surface area (TPSA) is 37.8 Å². The van der Waals surface area contributed by atoms with Gasteiger partial charge in [-0.2, -0.15) is 0 Å². The van der Waals surface area contributed by atoms with E-state index in [9.17, 15) is 0 Å². The summed E-state index contributed by atoms with van der Waals surface area (Å²) in [5, 5.41) is 4.26. The molecule has 0 aliphatic rings. The fourth-order valence-electron chi connectivity index (χ4n) is 2.19. The first kappa shape index (κ1) is 12.3. The van der Waals surface area contributed by atoms with Crippen molar-refractivity contribution in [3.8, 4) is 10.6 Å². The first-order valence-corrected chi connectivity index (χ1v) is 7.04. The maximum absolute atomic E-state index is 4.79. The van der Waals surface area contributed by atoms with E-state index in [-0.39, 0.29) is 0 Å². The lowest BCUT2D eigenvalue weighted by atomic mass is 10.1. The Morgan fingerprint density at radius 3 is 2.74 bits per heavy atom. The predicted molar refractivity (Wildman–Crippen MR) is 80.4 cm³/mol. The molecule has 96 valence electrons. The minimum absolute atomic E-state index is 0.845. The summed E-state index contributed by atoms with van der Waals surface area (Å²) < 4.78 is 1.25. The third-order valence-electron chi connectivity index (χ3n) is 3.01. The maximum atomic E-state index is 4.79. The van der Waals surface area contributed by atoms with Gasteiger partial charge in [0.15, 0.2) is 0 Å². The SMILES string of the molecule is CNCc1cc(C)cc2sc(-c3ccncc3)nc12. The van der Waals surface area contributed by atoms with Gasteiger partial charge in [0.2, 0.25) is 0 Å². The fraction of sp³-hybridized carbons (Fsp3) is 0.200. The number of hydrogen-bond acceptors (Lipinski definition) is 4. The molecule has 2 heterocycles. The van der Waals surface area contributed by atoms with Crippen LogP contribution in [-0.4, -0.2) is 17.0 Å². The van der Waals surface area contributed by atoms with Crippen LogP contribution in [0, 0.1) is 6.92 Å². The Morgan fingerprint density at radius 1 is 1.21 bits per heavy atom. The molecule has 0 radical (unpaired) electrons. The van der Waals surface area contributed by atoms with Crippen LogP contribution in [0.1, 0.15) is 11.1 Å². The first-order valence-electron chi connectivity index (χ1n) is 6.23. The van der Waals surface area contributed by atoms with Gasteiger partial charge >= 0.3 is 0 Å². The molecule has 3 nitrogen and oxygen atoms in total. The van der Waals surface area contributed by atoms with Crippen molar-refractivity contribution in [1.29, 1.82) is 0 Å². The average molecular weight is 269 g/mol. The van der Waals surface area contributed by atoms with Gasteiger partial charge in [-0.25, -0.2) is 4.98 Å². The Balaban J connectivity index is 2.17. The van der Waals surface area contributed by atoms with E-state index in [4.69, 9.17) is 4.98 Å². The molecule has 1 N–H and O–H groups in total. The number of nitrogens with one attached hydrogen (secondary N) is 1. The zero-order valence-electron chi connectivity index (χ0n) is 11.0. The number of aromatic nitrogens is 2. The normalized spacial score (nSPS) is 11.1. The zero-order chi connectivity index (χ0) is 13.2. The van der Waals surface area contributed by atoms with Gasteiger partial charge in [-0.1, -0.05) is 6.07 Å². The third-order valence-corrected chi connectivity index (χ3v) is 4.06. The molecule has 3 aromatic rings. The van der Waals surface area contributed by atoms with Crippen LogP contribution < -0.4 is 5.32 Å². The second kappa shape index (κ2) is 5.07. The van der Waals surface area contributed by atoms with Gasteiger partial charge in [-0.3, -0.25) is 4.98 Å². The standard InChI is InChI=1S/C15H15N3S/c1-10-7-12(9-16-2)14-13(8-10)19-15(18-14)11-3-5-17-6-4-11/h3-8,16H,9H2,1-2H3. The van der Waals surface area contributed by atoms with Crippen molar-refractivity contribution >= 4 is 21.6 Å². The minimum Gasteiger partial charge on any atom is -0.316 e. The van der Waals surface area contributed by atoms with Crippen molar-refractivity contribution in [3.63, 3.8) is 0 Å². The lowest BCUT2D eigenvalue weighted by Crippen LogP contribution is -2.05. The molecule has 4 heteroatoms. The lowest BCUT2D eigenvalue weighted by Gasteiger charge is -2.02. The summed E-state index contributed by atoms with van der Waals surface area (Å²) in [6.45, 7) is 2.97. The van der Waals surface area contributed by atoms with E-state index >= 15 is 0 Å². The van der Waals surface area contributed by atoms with Crippen LogP contribution in [0.2, 0.25) is 0 Å². The van der Waals surface area contributed by atoms with Crippen LogP contribution in [0.3, 0.4) is 0 Å². The van der Waals surface area contributed by atoms with Crippen LogP contribution in [0.25, 0.3) is 20.8 Å². The van der Waals surface area contributed by atoms with Crippen molar-refractivity contribution in [1.82, 2.24) is 15.3 Å². The number of benzene rings is 1. The van der Waals surface area contributed by atoms with Crippen LogP contribution in [0.5, 0.6) is 0 Å². The van der Waals surface area contributed by atoms with E-state index in [1.54, 1.807) is 23.7 Å². The summed E-state index contributed by atoms with van der Waals surface area (Å²) in [7, 11) is 1.96. The second-order valence-electron chi connectivity index (χ2n) is 4.56. The van der Waals surface area contributed by atoms with E-state index in [1.807, 2.05) is 19.2 Å². The molecule has 0 saturated carbocycles. The monoisotopic (exact) mass is 269 g/mol. The van der Waals surface area contributed by atoms with Crippen molar-refractivity contribution in [2.45, 2.75) is 13.5 Å². The van der Waals surface area contributed by atoms with Gasteiger partial charge in [0, 0.05) is 24.5 Å². The van der Waals surface area contributed by atoms with E-state index in [2.05, 4.69) is 29.4 Å². The highest BCUT2D eigenvalue weighted by atomic mass is 32.1. The van der Waals surface area contributed by atoms with Crippen molar-refractivity contribution in [3.05, 3.63) is 47.8 Å². The molecule has 1 aromatic carbocycles. The molecule has 3 rings (SSSR count). The highest BCUT2D eigenvalue weighted by Gasteiger charge is 2.10. The molecule has 19 heavy (non-hydrogen) atoms. The van der Waals surface area contributed by atoms with Crippen molar-refractivity contribution in [2.24, 2.45) is 0 Å². The van der Waals surface area contributed by atoms with Gasteiger partial charge < -0.3 is 5.32 Å². The van der Waals surface area contributed by atoms with Crippen LogP contribution >= 0.6 is 11.3 Å². The Morgan fingerprint density at radius 2 is 2.00 bits per heavy atom. The Labute approximate surface area is 116 Å². The molecule has 0 spiro atoms.